The molecule has 1 N–H and O–H groups in total. The van der Waals surface area contributed by atoms with Crippen molar-refractivity contribution in [3.05, 3.63) is 48.1 Å². The van der Waals surface area contributed by atoms with Crippen LogP contribution < -0.4 is 14.8 Å². The molecule has 0 bridgehead atoms. The molecule has 2 aliphatic carbocycles. The van der Waals surface area contributed by atoms with E-state index in [0.717, 1.165) is 30.9 Å². The fourth-order valence-electron chi connectivity index (χ4n) is 5.12. The zero-order valence-electron chi connectivity index (χ0n) is 14.0. The molecule has 0 radical (unpaired) electrons. The van der Waals surface area contributed by atoms with Gasteiger partial charge >= 0.3 is 0 Å². The Balaban J connectivity index is 1.88. The zero-order valence-corrected chi connectivity index (χ0v) is 14.0. The summed E-state index contributed by atoms with van der Waals surface area (Å²) in [5, 5.41) is 3.69. The second-order valence-electron chi connectivity index (χ2n) is 7.22. The van der Waals surface area contributed by atoms with Crippen LogP contribution in [0.5, 0.6) is 11.5 Å². The van der Waals surface area contributed by atoms with Gasteiger partial charge in [0.15, 0.2) is 11.5 Å². The maximum Gasteiger partial charge on any atom is 0.166 e. The van der Waals surface area contributed by atoms with Gasteiger partial charge in [0.05, 0.1) is 7.11 Å². The largest absolute Gasteiger partial charge is 0.493 e. The summed E-state index contributed by atoms with van der Waals surface area (Å²) in [6, 6.07) is 4.72. The molecule has 0 aromatic heterocycles. The molecule has 1 aliphatic heterocycles. The number of ether oxygens (including phenoxy) is 2. The molecule has 3 nitrogen and oxygen atoms in total. The lowest BCUT2D eigenvalue weighted by Gasteiger charge is -2.50. The van der Waals surface area contributed by atoms with Gasteiger partial charge in [0, 0.05) is 23.6 Å². The Morgan fingerprint density at radius 1 is 1.48 bits per heavy atom. The van der Waals surface area contributed by atoms with Gasteiger partial charge in [0.25, 0.3) is 0 Å². The number of hydrogen-bond acceptors (Lipinski definition) is 3. The molecule has 1 fully saturated rings. The normalized spacial score (nSPS) is 33.8. The molecule has 1 unspecified atom stereocenters. The number of methoxy groups -OCH3 is 1. The fraction of sp³-hybridized carbons (Fsp3) is 0.500. The highest BCUT2D eigenvalue weighted by molar-refractivity contribution is 5.61. The van der Waals surface area contributed by atoms with Gasteiger partial charge in [-0.05, 0) is 42.4 Å². The Morgan fingerprint density at radius 2 is 2.30 bits per heavy atom. The lowest BCUT2D eigenvalue weighted by Crippen LogP contribution is -2.57. The first-order valence-corrected chi connectivity index (χ1v) is 8.50. The molecule has 122 valence electrons. The minimum Gasteiger partial charge on any atom is -0.493 e. The van der Waals surface area contributed by atoms with Crippen LogP contribution in [-0.2, 0) is 11.8 Å². The fourth-order valence-corrected chi connectivity index (χ4v) is 5.12. The highest BCUT2D eigenvalue weighted by atomic mass is 16.5. The van der Waals surface area contributed by atoms with Crippen LogP contribution in [0.15, 0.2) is 36.9 Å². The van der Waals surface area contributed by atoms with Gasteiger partial charge in [0.1, 0.15) is 6.10 Å². The van der Waals surface area contributed by atoms with Crippen LogP contribution in [0.2, 0.25) is 0 Å². The standard InChI is InChI=1S/C20H25NO2/c1-5-10-21-15-11-13-7-9-16(22-4)18-17(13)20(3)14(15)8-6-12(2)19(20)23-18/h5,7,9,14-15,19,21H,1-2,6,8,10-11H2,3-4H3/t14-,15+,19?,20-/m1/s1. The Kier molecular flexibility index (Phi) is 3.31. The van der Waals surface area contributed by atoms with E-state index in [-0.39, 0.29) is 11.5 Å². The molecular weight excluding hydrogens is 286 g/mol. The molecule has 0 saturated heterocycles. The Morgan fingerprint density at radius 3 is 3.04 bits per heavy atom. The second-order valence-corrected chi connectivity index (χ2v) is 7.22. The van der Waals surface area contributed by atoms with Crippen molar-refractivity contribution in [1.29, 1.82) is 0 Å². The number of benzene rings is 1. The van der Waals surface area contributed by atoms with Gasteiger partial charge in [-0.3, -0.25) is 0 Å². The van der Waals surface area contributed by atoms with Crippen LogP contribution in [0, 0.1) is 5.92 Å². The molecule has 1 heterocycles. The third-order valence-electron chi connectivity index (χ3n) is 6.11. The van der Waals surface area contributed by atoms with Crippen molar-refractivity contribution in [2.45, 2.75) is 43.7 Å². The minimum absolute atomic E-state index is 0.00831. The molecule has 0 spiro atoms. The molecule has 1 saturated carbocycles. The van der Waals surface area contributed by atoms with E-state index >= 15 is 0 Å². The van der Waals surface area contributed by atoms with E-state index in [1.54, 1.807) is 7.11 Å². The van der Waals surface area contributed by atoms with E-state index in [2.05, 4.69) is 31.5 Å². The summed E-state index contributed by atoms with van der Waals surface area (Å²) >= 11 is 0. The van der Waals surface area contributed by atoms with Gasteiger partial charge < -0.3 is 14.8 Å². The number of rotatable bonds is 4. The zero-order chi connectivity index (χ0) is 16.2. The summed E-state index contributed by atoms with van der Waals surface area (Å²) in [5.74, 6) is 2.36. The van der Waals surface area contributed by atoms with Gasteiger partial charge in [0.2, 0.25) is 0 Å². The average Bonchev–Trinajstić information content (AvgIpc) is 2.88. The minimum atomic E-state index is -0.00831. The van der Waals surface area contributed by atoms with Gasteiger partial charge in [-0.15, -0.1) is 6.58 Å². The van der Waals surface area contributed by atoms with Gasteiger partial charge in [-0.1, -0.05) is 25.6 Å². The summed E-state index contributed by atoms with van der Waals surface area (Å²) < 4.78 is 12.0. The third-order valence-corrected chi connectivity index (χ3v) is 6.11. The van der Waals surface area contributed by atoms with Crippen LogP contribution in [0.4, 0.5) is 0 Å². The molecule has 4 rings (SSSR count). The van der Waals surface area contributed by atoms with E-state index in [0.29, 0.717) is 12.0 Å². The predicted molar refractivity (Wildman–Crippen MR) is 92.3 cm³/mol. The van der Waals surface area contributed by atoms with Crippen LogP contribution in [0.25, 0.3) is 0 Å². The van der Waals surface area contributed by atoms with E-state index in [1.165, 1.54) is 23.1 Å². The van der Waals surface area contributed by atoms with Crippen molar-refractivity contribution in [1.82, 2.24) is 5.32 Å². The Hall–Kier alpha value is -1.74. The molecule has 4 atom stereocenters. The third kappa shape index (κ3) is 1.86. The first-order chi connectivity index (χ1) is 11.1. The maximum absolute atomic E-state index is 6.42. The van der Waals surface area contributed by atoms with E-state index < -0.39 is 0 Å². The summed E-state index contributed by atoms with van der Waals surface area (Å²) in [4.78, 5) is 0. The highest BCUT2D eigenvalue weighted by Crippen LogP contribution is 2.60. The molecule has 3 heteroatoms. The maximum atomic E-state index is 6.42. The topological polar surface area (TPSA) is 30.5 Å². The van der Waals surface area contributed by atoms with E-state index in [1.807, 2.05) is 12.1 Å². The van der Waals surface area contributed by atoms with Gasteiger partial charge in [-0.2, -0.15) is 0 Å². The first-order valence-electron chi connectivity index (χ1n) is 8.50. The molecule has 0 amide bonds. The molecule has 1 aromatic rings. The molecule has 23 heavy (non-hydrogen) atoms. The van der Waals surface area contributed by atoms with Crippen molar-refractivity contribution in [3.63, 3.8) is 0 Å². The summed E-state index contributed by atoms with van der Waals surface area (Å²) in [6.45, 7) is 11.4. The van der Waals surface area contributed by atoms with Crippen molar-refractivity contribution in [2.24, 2.45) is 5.92 Å². The van der Waals surface area contributed by atoms with Crippen molar-refractivity contribution in [2.75, 3.05) is 13.7 Å². The molecule has 3 aliphatic rings. The first kappa shape index (κ1) is 14.8. The summed E-state index contributed by atoms with van der Waals surface area (Å²) in [5.41, 5.74) is 3.96. The van der Waals surface area contributed by atoms with Crippen molar-refractivity contribution >= 4 is 0 Å². The summed E-state index contributed by atoms with van der Waals surface area (Å²) in [7, 11) is 1.72. The number of hydrogen-bond donors (Lipinski definition) is 1. The SMILES string of the molecule is C=CCN[C@H]1Cc2ccc(OC)c3c2[C@]2(C)C(O3)C(=C)CC[C@H]12. The molecule has 1 aromatic carbocycles. The Labute approximate surface area is 138 Å². The Bertz CT molecular complexity index is 680. The van der Waals surface area contributed by atoms with Gasteiger partial charge in [-0.25, -0.2) is 0 Å². The second kappa shape index (κ2) is 5.13. The quantitative estimate of drug-likeness (QED) is 0.865. The lowest BCUT2D eigenvalue weighted by molar-refractivity contribution is 0.0773. The van der Waals surface area contributed by atoms with Crippen molar-refractivity contribution < 1.29 is 9.47 Å². The summed E-state index contributed by atoms with van der Waals surface area (Å²) in [6.07, 6.45) is 5.27. The van der Waals surface area contributed by atoms with E-state index in [4.69, 9.17) is 9.47 Å². The van der Waals surface area contributed by atoms with Crippen molar-refractivity contribution in [3.8, 4) is 11.5 Å². The van der Waals surface area contributed by atoms with Crippen LogP contribution in [-0.4, -0.2) is 25.8 Å². The predicted octanol–water partition coefficient (Wildman–Crippen LogP) is 3.38. The monoisotopic (exact) mass is 311 g/mol. The number of nitrogens with one attached hydrogen (secondary N) is 1. The average molecular weight is 311 g/mol. The highest BCUT2D eigenvalue weighted by Gasteiger charge is 2.59. The molecular formula is C20H25NO2. The smallest absolute Gasteiger partial charge is 0.166 e. The van der Waals surface area contributed by atoms with E-state index in [9.17, 15) is 0 Å². The van der Waals surface area contributed by atoms with Crippen LogP contribution in [0.1, 0.15) is 30.9 Å². The lowest BCUT2D eigenvalue weighted by atomic mass is 9.55. The van der Waals surface area contributed by atoms with Crippen LogP contribution >= 0.6 is 0 Å². The van der Waals surface area contributed by atoms with Crippen LogP contribution in [0.3, 0.4) is 0 Å².